The summed E-state index contributed by atoms with van der Waals surface area (Å²) < 4.78 is 5.37. The third kappa shape index (κ3) is 5.36. The number of rotatable bonds is 8. The minimum Gasteiger partial charge on any atom is -0.463 e. The van der Waals surface area contributed by atoms with Crippen LogP contribution in [0.5, 0.6) is 6.01 Å². The van der Waals surface area contributed by atoms with Gasteiger partial charge in [0.25, 0.3) is 0 Å². The third-order valence-electron chi connectivity index (χ3n) is 2.07. The van der Waals surface area contributed by atoms with Gasteiger partial charge in [0.2, 0.25) is 17.8 Å². The van der Waals surface area contributed by atoms with Crippen LogP contribution in [-0.2, 0) is 4.79 Å². The summed E-state index contributed by atoms with van der Waals surface area (Å²) in [4.78, 5) is 23.5. The molecule has 8 heteroatoms. The molecule has 0 aliphatic heterocycles. The van der Waals surface area contributed by atoms with Crippen molar-refractivity contribution in [3.05, 3.63) is 0 Å². The minimum absolute atomic E-state index is 0.0965. The predicted molar refractivity (Wildman–Crippen MR) is 72.3 cm³/mol. The summed E-state index contributed by atoms with van der Waals surface area (Å²) in [6.07, 6.45) is 0.864. The number of ether oxygens (including phenoxy) is 1. The monoisotopic (exact) mass is 268 g/mol. The van der Waals surface area contributed by atoms with E-state index in [-0.39, 0.29) is 18.5 Å². The average Bonchev–Trinajstić information content (AvgIpc) is 2.42. The van der Waals surface area contributed by atoms with Gasteiger partial charge in [-0.3, -0.25) is 4.79 Å². The molecule has 19 heavy (non-hydrogen) atoms. The average molecular weight is 268 g/mol. The van der Waals surface area contributed by atoms with Gasteiger partial charge in [-0.15, -0.1) is 0 Å². The highest BCUT2D eigenvalue weighted by Crippen LogP contribution is 2.11. The first-order chi connectivity index (χ1) is 9.19. The van der Waals surface area contributed by atoms with Gasteiger partial charge >= 0.3 is 6.01 Å². The molecule has 1 heterocycles. The topological polar surface area (TPSA) is 101 Å². The number of nitrogens with one attached hydrogen (secondary N) is 3. The number of hydrogen-bond acceptors (Lipinski definition) is 7. The van der Waals surface area contributed by atoms with E-state index in [9.17, 15) is 4.79 Å². The zero-order valence-corrected chi connectivity index (χ0v) is 11.5. The van der Waals surface area contributed by atoms with Gasteiger partial charge in [-0.1, -0.05) is 6.92 Å². The molecule has 0 spiro atoms. The van der Waals surface area contributed by atoms with Crippen LogP contribution in [0, 0.1) is 0 Å². The number of carbonyl (C=O) groups excluding carboxylic acids is 1. The number of hydrogen-bond donors (Lipinski definition) is 3. The molecule has 0 saturated carbocycles. The largest absolute Gasteiger partial charge is 0.463 e. The van der Waals surface area contributed by atoms with Crippen molar-refractivity contribution in [2.24, 2.45) is 0 Å². The van der Waals surface area contributed by atoms with Crippen molar-refractivity contribution < 1.29 is 9.53 Å². The van der Waals surface area contributed by atoms with E-state index in [0.29, 0.717) is 25.0 Å². The minimum atomic E-state index is -0.151. The molecule has 1 amide bonds. The molecule has 0 aliphatic rings. The molecule has 8 nitrogen and oxygen atoms in total. The van der Waals surface area contributed by atoms with Gasteiger partial charge in [0.05, 0.1) is 13.2 Å². The van der Waals surface area contributed by atoms with Crippen molar-refractivity contribution in [2.75, 3.05) is 37.4 Å². The van der Waals surface area contributed by atoms with Crippen LogP contribution in [0.2, 0.25) is 0 Å². The standard InChI is InChI=1S/C11H20N6O2/c1-4-6-19-11-16-9(13-5-2)15-10(17-11)14-7-8(18)12-3/h4-7H2,1-3H3,(H,12,18)(H2,13,14,15,16,17). The second-order valence-electron chi connectivity index (χ2n) is 3.67. The van der Waals surface area contributed by atoms with Gasteiger partial charge in [-0.2, -0.15) is 15.0 Å². The predicted octanol–water partition coefficient (Wildman–Crippen LogP) is 0.250. The van der Waals surface area contributed by atoms with Gasteiger partial charge < -0.3 is 20.7 Å². The lowest BCUT2D eigenvalue weighted by atomic mass is 10.5. The number of nitrogens with zero attached hydrogens (tertiary/aromatic N) is 3. The first-order valence-electron chi connectivity index (χ1n) is 6.26. The number of aromatic nitrogens is 3. The van der Waals surface area contributed by atoms with Crippen LogP contribution in [0.15, 0.2) is 0 Å². The van der Waals surface area contributed by atoms with Crippen LogP contribution in [0.3, 0.4) is 0 Å². The lowest BCUT2D eigenvalue weighted by Gasteiger charge is -2.09. The van der Waals surface area contributed by atoms with Crippen molar-refractivity contribution in [3.63, 3.8) is 0 Å². The summed E-state index contributed by atoms with van der Waals surface area (Å²) in [6.45, 7) is 5.25. The van der Waals surface area contributed by atoms with E-state index in [1.54, 1.807) is 7.05 Å². The SMILES string of the molecule is CCCOc1nc(NCC)nc(NCC(=O)NC)n1. The summed E-state index contributed by atoms with van der Waals surface area (Å²) in [6, 6.07) is 0.243. The molecule has 1 aromatic heterocycles. The van der Waals surface area contributed by atoms with E-state index in [2.05, 4.69) is 30.9 Å². The highest BCUT2D eigenvalue weighted by atomic mass is 16.5. The second kappa shape index (κ2) is 8.06. The molecule has 0 fully saturated rings. The quantitative estimate of drug-likeness (QED) is 0.621. The Morgan fingerprint density at radius 3 is 2.42 bits per heavy atom. The molecule has 106 valence electrons. The molecule has 3 N–H and O–H groups in total. The van der Waals surface area contributed by atoms with Gasteiger partial charge in [0, 0.05) is 13.6 Å². The van der Waals surface area contributed by atoms with E-state index >= 15 is 0 Å². The number of likely N-dealkylation sites (N-methyl/N-ethyl adjacent to an activating group) is 1. The van der Waals surface area contributed by atoms with Crippen LogP contribution in [0.4, 0.5) is 11.9 Å². The fraction of sp³-hybridized carbons (Fsp3) is 0.636. The Morgan fingerprint density at radius 2 is 1.84 bits per heavy atom. The number of carbonyl (C=O) groups is 1. The van der Waals surface area contributed by atoms with Crippen molar-refractivity contribution in [1.82, 2.24) is 20.3 Å². The molecule has 0 saturated heterocycles. The summed E-state index contributed by atoms with van der Waals surface area (Å²) in [5.74, 6) is 0.574. The summed E-state index contributed by atoms with van der Waals surface area (Å²) in [7, 11) is 1.57. The molecule has 0 atom stereocenters. The highest BCUT2D eigenvalue weighted by molar-refractivity contribution is 5.79. The first-order valence-corrected chi connectivity index (χ1v) is 6.26. The fourth-order valence-corrected chi connectivity index (χ4v) is 1.18. The van der Waals surface area contributed by atoms with Gasteiger partial charge in [-0.25, -0.2) is 0 Å². The highest BCUT2D eigenvalue weighted by Gasteiger charge is 2.07. The Balaban J connectivity index is 2.76. The van der Waals surface area contributed by atoms with E-state index in [0.717, 1.165) is 6.42 Å². The Morgan fingerprint density at radius 1 is 1.16 bits per heavy atom. The Kier molecular flexibility index (Phi) is 6.34. The van der Waals surface area contributed by atoms with Gasteiger partial charge in [0.1, 0.15) is 0 Å². The maximum absolute atomic E-state index is 11.2. The van der Waals surface area contributed by atoms with Crippen molar-refractivity contribution in [1.29, 1.82) is 0 Å². The van der Waals surface area contributed by atoms with Crippen molar-refractivity contribution >= 4 is 17.8 Å². The van der Waals surface area contributed by atoms with Gasteiger partial charge in [0.15, 0.2) is 0 Å². The summed E-state index contributed by atoms with van der Waals surface area (Å²) >= 11 is 0. The van der Waals surface area contributed by atoms with E-state index in [1.807, 2.05) is 13.8 Å². The molecule has 0 bridgehead atoms. The molecule has 0 radical (unpaired) electrons. The maximum Gasteiger partial charge on any atom is 0.323 e. The lowest BCUT2D eigenvalue weighted by molar-refractivity contribution is -0.118. The molecular weight excluding hydrogens is 248 g/mol. The number of amides is 1. The third-order valence-corrected chi connectivity index (χ3v) is 2.07. The molecular formula is C11H20N6O2. The summed E-state index contributed by atoms with van der Waals surface area (Å²) in [5.41, 5.74) is 0. The molecule has 1 aromatic rings. The maximum atomic E-state index is 11.2. The Hall–Kier alpha value is -2.12. The second-order valence-corrected chi connectivity index (χ2v) is 3.67. The Bertz CT molecular complexity index is 412. The Labute approximate surface area is 112 Å². The molecule has 0 aromatic carbocycles. The zero-order chi connectivity index (χ0) is 14.1. The van der Waals surface area contributed by atoms with Crippen LogP contribution < -0.4 is 20.7 Å². The van der Waals surface area contributed by atoms with Crippen molar-refractivity contribution in [2.45, 2.75) is 20.3 Å². The first kappa shape index (κ1) is 14.9. The van der Waals surface area contributed by atoms with Crippen LogP contribution >= 0.6 is 0 Å². The normalized spacial score (nSPS) is 9.84. The van der Waals surface area contributed by atoms with E-state index in [4.69, 9.17) is 4.74 Å². The molecule has 1 rings (SSSR count). The van der Waals surface area contributed by atoms with Gasteiger partial charge in [-0.05, 0) is 13.3 Å². The smallest absolute Gasteiger partial charge is 0.323 e. The molecule has 0 aliphatic carbocycles. The van der Waals surface area contributed by atoms with E-state index in [1.165, 1.54) is 0 Å². The fourth-order valence-electron chi connectivity index (χ4n) is 1.18. The van der Waals surface area contributed by atoms with E-state index < -0.39 is 0 Å². The van der Waals surface area contributed by atoms with Crippen molar-refractivity contribution in [3.8, 4) is 6.01 Å². The van der Waals surface area contributed by atoms with Crippen LogP contribution in [-0.4, -0.2) is 47.6 Å². The van der Waals surface area contributed by atoms with Crippen LogP contribution in [0.25, 0.3) is 0 Å². The molecule has 0 unspecified atom stereocenters. The van der Waals surface area contributed by atoms with Crippen LogP contribution in [0.1, 0.15) is 20.3 Å². The summed E-state index contributed by atoms with van der Waals surface area (Å²) in [5, 5.41) is 8.30. The number of anilines is 2. The lowest BCUT2D eigenvalue weighted by Crippen LogP contribution is -2.27. The zero-order valence-electron chi connectivity index (χ0n) is 11.5.